The maximum Gasteiger partial charge on any atom is 0.0221 e. The van der Waals surface area contributed by atoms with Gasteiger partial charge in [-0.2, -0.15) is 0 Å². The first-order chi connectivity index (χ1) is 8.24. The monoisotopic (exact) mass is 238 g/mol. The molecule has 0 amide bonds. The maximum atomic E-state index is 3.79. The molecule has 3 unspecified atom stereocenters. The van der Waals surface area contributed by atoms with Crippen LogP contribution in [-0.2, 0) is 0 Å². The summed E-state index contributed by atoms with van der Waals surface area (Å²) in [6, 6.07) is 1.53. The van der Waals surface area contributed by atoms with E-state index in [1.807, 2.05) is 0 Å². The van der Waals surface area contributed by atoms with E-state index in [2.05, 4.69) is 31.0 Å². The molecule has 0 aromatic carbocycles. The Labute approximate surface area is 107 Å². The molecule has 0 spiro atoms. The van der Waals surface area contributed by atoms with Crippen molar-refractivity contribution in [3.63, 3.8) is 0 Å². The first-order valence-electron chi connectivity index (χ1n) is 7.72. The third-order valence-electron chi connectivity index (χ3n) is 4.71. The van der Waals surface area contributed by atoms with Crippen LogP contribution in [0.2, 0.25) is 0 Å². The minimum Gasteiger partial charge on any atom is -0.311 e. The fourth-order valence-corrected chi connectivity index (χ4v) is 3.02. The molecule has 1 heterocycles. The highest BCUT2D eigenvalue weighted by atomic mass is 15.2. The fraction of sp³-hybridized carbons (Fsp3) is 1.00. The van der Waals surface area contributed by atoms with Crippen LogP contribution >= 0.6 is 0 Å². The summed E-state index contributed by atoms with van der Waals surface area (Å²) in [5, 5.41) is 3.79. The molecule has 1 saturated carbocycles. The SMILES string of the molecule is CCCC1CNC(C(C)CC)CN1CC1CC1. The van der Waals surface area contributed by atoms with Gasteiger partial charge in [-0.1, -0.05) is 33.6 Å². The Morgan fingerprint density at radius 2 is 2.06 bits per heavy atom. The Balaban J connectivity index is 1.88. The molecule has 3 atom stereocenters. The van der Waals surface area contributed by atoms with Crippen molar-refractivity contribution in [3.8, 4) is 0 Å². The second-order valence-electron chi connectivity index (χ2n) is 6.24. The van der Waals surface area contributed by atoms with Crippen molar-refractivity contribution in [2.45, 2.75) is 65.0 Å². The number of hydrogen-bond donors (Lipinski definition) is 1. The van der Waals surface area contributed by atoms with Gasteiger partial charge in [0.25, 0.3) is 0 Å². The highest BCUT2D eigenvalue weighted by molar-refractivity contribution is 4.90. The molecular formula is C15H30N2. The van der Waals surface area contributed by atoms with Gasteiger partial charge >= 0.3 is 0 Å². The Morgan fingerprint density at radius 1 is 1.29 bits per heavy atom. The number of nitrogens with one attached hydrogen (secondary N) is 1. The van der Waals surface area contributed by atoms with Gasteiger partial charge in [-0.05, 0) is 31.1 Å². The minimum absolute atomic E-state index is 0.729. The smallest absolute Gasteiger partial charge is 0.0221 e. The van der Waals surface area contributed by atoms with E-state index in [4.69, 9.17) is 0 Å². The van der Waals surface area contributed by atoms with Crippen molar-refractivity contribution >= 4 is 0 Å². The van der Waals surface area contributed by atoms with Gasteiger partial charge in [0, 0.05) is 31.7 Å². The molecule has 2 nitrogen and oxygen atoms in total. The molecule has 1 saturated heterocycles. The third kappa shape index (κ3) is 3.69. The van der Waals surface area contributed by atoms with Gasteiger partial charge in [-0.15, -0.1) is 0 Å². The zero-order chi connectivity index (χ0) is 12.3. The lowest BCUT2D eigenvalue weighted by Crippen LogP contribution is -2.58. The fourth-order valence-electron chi connectivity index (χ4n) is 3.02. The molecule has 0 bridgehead atoms. The molecule has 0 aromatic rings. The number of hydrogen-bond acceptors (Lipinski definition) is 2. The van der Waals surface area contributed by atoms with E-state index in [-0.39, 0.29) is 0 Å². The van der Waals surface area contributed by atoms with Crippen LogP contribution in [0.25, 0.3) is 0 Å². The van der Waals surface area contributed by atoms with Crippen molar-refractivity contribution < 1.29 is 0 Å². The standard InChI is InChI=1S/C15H30N2/c1-4-6-14-9-16-15(12(3)5-2)11-17(14)10-13-7-8-13/h12-16H,4-11H2,1-3H3. The van der Waals surface area contributed by atoms with E-state index in [1.165, 1.54) is 51.7 Å². The summed E-state index contributed by atoms with van der Waals surface area (Å²) in [6.45, 7) is 10.9. The lowest BCUT2D eigenvalue weighted by atomic mass is 9.94. The van der Waals surface area contributed by atoms with Crippen LogP contribution in [0.4, 0.5) is 0 Å². The van der Waals surface area contributed by atoms with Gasteiger partial charge < -0.3 is 5.32 Å². The zero-order valence-electron chi connectivity index (χ0n) is 11.9. The Hall–Kier alpha value is -0.0800. The van der Waals surface area contributed by atoms with Gasteiger partial charge in [0.15, 0.2) is 0 Å². The molecule has 1 N–H and O–H groups in total. The molecule has 2 heteroatoms. The summed E-state index contributed by atoms with van der Waals surface area (Å²) in [6.07, 6.45) is 6.95. The van der Waals surface area contributed by atoms with Crippen LogP contribution in [0.15, 0.2) is 0 Å². The van der Waals surface area contributed by atoms with Crippen LogP contribution < -0.4 is 5.32 Å². The Bertz CT molecular complexity index is 225. The van der Waals surface area contributed by atoms with Gasteiger partial charge in [-0.3, -0.25) is 4.90 Å². The van der Waals surface area contributed by atoms with Crippen LogP contribution in [-0.4, -0.2) is 36.6 Å². The average molecular weight is 238 g/mol. The zero-order valence-corrected chi connectivity index (χ0v) is 11.9. The molecule has 2 aliphatic rings. The second-order valence-corrected chi connectivity index (χ2v) is 6.24. The minimum atomic E-state index is 0.729. The lowest BCUT2D eigenvalue weighted by molar-refractivity contribution is 0.0982. The van der Waals surface area contributed by atoms with Gasteiger partial charge in [0.05, 0.1) is 0 Å². The highest BCUT2D eigenvalue weighted by Gasteiger charge is 2.33. The summed E-state index contributed by atoms with van der Waals surface area (Å²) >= 11 is 0. The molecule has 1 aliphatic carbocycles. The summed E-state index contributed by atoms with van der Waals surface area (Å²) in [4.78, 5) is 2.80. The van der Waals surface area contributed by atoms with Gasteiger partial charge in [0.2, 0.25) is 0 Å². The van der Waals surface area contributed by atoms with Crippen molar-refractivity contribution in [3.05, 3.63) is 0 Å². The van der Waals surface area contributed by atoms with Crippen molar-refractivity contribution in [2.75, 3.05) is 19.6 Å². The number of rotatable bonds is 6. The van der Waals surface area contributed by atoms with E-state index in [0.29, 0.717) is 0 Å². The quantitative estimate of drug-likeness (QED) is 0.765. The van der Waals surface area contributed by atoms with E-state index < -0.39 is 0 Å². The highest BCUT2D eigenvalue weighted by Crippen LogP contribution is 2.31. The summed E-state index contributed by atoms with van der Waals surface area (Å²) in [7, 11) is 0. The Morgan fingerprint density at radius 3 is 2.65 bits per heavy atom. The summed E-state index contributed by atoms with van der Waals surface area (Å²) in [5.74, 6) is 1.85. The second kappa shape index (κ2) is 6.19. The first kappa shape index (κ1) is 13.4. The normalized spacial score (nSPS) is 32.6. The van der Waals surface area contributed by atoms with E-state index >= 15 is 0 Å². The number of nitrogens with zero attached hydrogens (tertiary/aromatic N) is 1. The molecule has 0 radical (unpaired) electrons. The molecular weight excluding hydrogens is 208 g/mol. The summed E-state index contributed by atoms with van der Waals surface area (Å²) in [5.41, 5.74) is 0. The molecule has 2 fully saturated rings. The predicted molar refractivity (Wildman–Crippen MR) is 74.2 cm³/mol. The van der Waals surface area contributed by atoms with Crippen molar-refractivity contribution in [2.24, 2.45) is 11.8 Å². The molecule has 17 heavy (non-hydrogen) atoms. The van der Waals surface area contributed by atoms with E-state index in [1.54, 1.807) is 0 Å². The molecule has 0 aromatic heterocycles. The molecule has 1 aliphatic heterocycles. The van der Waals surface area contributed by atoms with Gasteiger partial charge in [-0.25, -0.2) is 0 Å². The van der Waals surface area contributed by atoms with E-state index in [0.717, 1.165) is 23.9 Å². The largest absolute Gasteiger partial charge is 0.311 e. The maximum absolute atomic E-state index is 3.79. The lowest BCUT2D eigenvalue weighted by Gasteiger charge is -2.42. The average Bonchev–Trinajstić information content (AvgIpc) is 3.14. The predicted octanol–water partition coefficient (Wildman–Crippen LogP) is 2.89. The van der Waals surface area contributed by atoms with Crippen LogP contribution in [0, 0.1) is 11.8 Å². The van der Waals surface area contributed by atoms with Gasteiger partial charge in [0.1, 0.15) is 0 Å². The van der Waals surface area contributed by atoms with Crippen LogP contribution in [0.1, 0.15) is 52.9 Å². The Kier molecular flexibility index (Phi) is 4.87. The summed E-state index contributed by atoms with van der Waals surface area (Å²) < 4.78 is 0. The van der Waals surface area contributed by atoms with Crippen molar-refractivity contribution in [1.29, 1.82) is 0 Å². The molecule has 2 rings (SSSR count). The van der Waals surface area contributed by atoms with Crippen LogP contribution in [0.5, 0.6) is 0 Å². The third-order valence-corrected chi connectivity index (χ3v) is 4.71. The topological polar surface area (TPSA) is 15.3 Å². The van der Waals surface area contributed by atoms with E-state index in [9.17, 15) is 0 Å². The first-order valence-corrected chi connectivity index (χ1v) is 7.72. The number of piperazine rings is 1. The van der Waals surface area contributed by atoms with Crippen LogP contribution in [0.3, 0.4) is 0 Å². The van der Waals surface area contributed by atoms with Crippen molar-refractivity contribution in [1.82, 2.24) is 10.2 Å². The molecule has 100 valence electrons.